The number of nitrogens with zero attached hydrogens (tertiary/aromatic N) is 1. The minimum absolute atomic E-state index is 0.523. The molecule has 0 saturated carbocycles. The molecule has 0 fully saturated rings. The van der Waals surface area contributed by atoms with Gasteiger partial charge < -0.3 is 25.8 Å². The molecule has 1 heterocycles. The fourth-order valence-corrected chi connectivity index (χ4v) is 4.15. The summed E-state index contributed by atoms with van der Waals surface area (Å²) >= 11 is 0. The fraction of sp³-hybridized carbons (Fsp3) is 0.357. The molecule has 4 N–H and O–H groups in total. The number of rotatable bonds is 2. The van der Waals surface area contributed by atoms with Crippen molar-refractivity contribution in [3.63, 3.8) is 0 Å². The number of hydrogen-bond donors (Lipinski definition) is 3. The highest BCUT2D eigenvalue weighted by Crippen LogP contribution is 2.21. The second-order valence-corrected chi connectivity index (χ2v) is 8.60. The lowest BCUT2D eigenvalue weighted by atomic mass is 10.1. The van der Waals surface area contributed by atoms with Crippen molar-refractivity contribution in [2.24, 2.45) is 5.73 Å². The summed E-state index contributed by atoms with van der Waals surface area (Å²) in [6.07, 6.45) is 0. The molecule has 0 atom stereocenters. The zero-order chi connectivity index (χ0) is 23.4. The molecule has 0 unspecified atom stereocenters. The third-order valence-electron chi connectivity index (χ3n) is 6.01. The van der Waals surface area contributed by atoms with Gasteiger partial charge in [-0.25, -0.2) is 0 Å². The van der Waals surface area contributed by atoms with E-state index in [1.54, 1.807) is 0 Å². The highest BCUT2D eigenvalue weighted by Gasteiger charge is 2.08. The summed E-state index contributed by atoms with van der Waals surface area (Å²) in [5.74, 6) is 1.84. The minimum atomic E-state index is 0.523. The fourth-order valence-electron chi connectivity index (χ4n) is 4.15. The highest BCUT2D eigenvalue weighted by atomic mass is 16.5. The lowest BCUT2D eigenvalue weighted by molar-refractivity contribution is 0.276. The average Bonchev–Trinajstić information content (AvgIpc) is 2.87. The van der Waals surface area contributed by atoms with E-state index in [1.807, 2.05) is 24.3 Å². The van der Waals surface area contributed by atoms with Crippen LogP contribution in [0.2, 0.25) is 0 Å². The summed E-state index contributed by atoms with van der Waals surface area (Å²) in [6, 6.07) is 24.9. The van der Waals surface area contributed by atoms with Crippen LogP contribution < -0.4 is 25.8 Å². The van der Waals surface area contributed by atoms with Crippen molar-refractivity contribution in [3.8, 4) is 11.5 Å². The Bertz CT molecular complexity index is 952. The van der Waals surface area contributed by atoms with Crippen molar-refractivity contribution in [3.05, 3.63) is 95.1 Å². The Balaban J connectivity index is 1.50. The van der Waals surface area contributed by atoms with Gasteiger partial charge in [-0.1, -0.05) is 54.6 Å². The standard InChI is InChI=1S/C28H36N4O2/c29-12-15-32-16-13-30-19-25-8-1-3-10-27(25)33-21-23-6-5-7-24(18-23)22-34-28-11-4-2-9-26(28)20-31-14-17-32/h1-11,18,30-31H,12-17,19-22,29H2. The van der Waals surface area contributed by atoms with E-state index in [-0.39, 0.29) is 0 Å². The molecule has 6 nitrogen and oxygen atoms in total. The smallest absolute Gasteiger partial charge is 0.124 e. The first kappa shape index (κ1) is 24.2. The average molecular weight is 461 g/mol. The summed E-state index contributed by atoms with van der Waals surface area (Å²) in [5.41, 5.74) is 10.4. The van der Waals surface area contributed by atoms with Crippen LogP contribution in [0.5, 0.6) is 11.5 Å². The Labute approximate surface area is 203 Å². The van der Waals surface area contributed by atoms with Crippen LogP contribution in [-0.2, 0) is 26.3 Å². The molecule has 6 heteroatoms. The zero-order valence-electron chi connectivity index (χ0n) is 19.8. The van der Waals surface area contributed by atoms with E-state index < -0.39 is 0 Å². The molecule has 1 aliphatic heterocycles. The number of fused-ring (bicyclic) bond motifs is 4. The summed E-state index contributed by atoms with van der Waals surface area (Å²) < 4.78 is 12.4. The second kappa shape index (κ2) is 13.1. The van der Waals surface area contributed by atoms with Crippen molar-refractivity contribution in [1.29, 1.82) is 0 Å². The Kier molecular flexibility index (Phi) is 9.34. The molecule has 180 valence electrons. The van der Waals surface area contributed by atoms with Gasteiger partial charge in [0.2, 0.25) is 0 Å². The van der Waals surface area contributed by atoms with Crippen molar-refractivity contribution in [2.75, 3.05) is 39.3 Å². The van der Waals surface area contributed by atoms with Crippen LogP contribution in [0.25, 0.3) is 0 Å². The van der Waals surface area contributed by atoms with Gasteiger partial charge >= 0.3 is 0 Å². The molecule has 3 aromatic rings. The molecule has 3 aromatic carbocycles. The van der Waals surface area contributed by atoms with Gasteiger partial charge in [0.1, 0.15) is 24.7 Å². The second-order valence-electron chi connectivity index (χ2n) is 8.60. The number of para-hydroxylation sites is 2. The Morgan fingerprint density at radius 1 is 0.706 bits per heavy atom. The van der Waals surface area contributed by atoms with Crippen LogP contribution in [0.3, 0.4) is 0 Å². The van der Waals surface area contributed by atoms with Gasteiger partial charge in [0.25, 0.3) is 0 Å². The topological polar surface area (TPSA) is 71.8 Å². The number of nitrogens with two attached hydrogens (primary N) is 1. The van der Waals surface area contributed by atoms with Gasteiger partial charge in [0.05, 0.1) is 0 Å². The molecule has 0 saturated heterocycles. The van der Waals surface area contributed by atoms with E-state index >= 15 is 0 Å². The third-order valence-corrected chi connectivity index (χ3v) is 6.01. The maximum atomic E-state index is 6.21. The van der Waals surface area contributed by atoms with E-state index in [0.29, 0.717) is 19.8 Å². The molecular weight excluding hydrogens is 424 g/mol. The van der Waals surface area contributed by atoms with Crippen molar-refractivity contribution < 1.29 is 9.47 Å². The number of benzene rings is 3. The van der Waals surface area contributed by atoms with Crippen molar-refractivity contribution >= 4 is 0 Å². The van der Waals surface area contributed by atoms with E-state index in [2.05, 4.69) is 64.1 Å². The monoisotopic (exact) mass is 460 g/mol. The lowest BCUT2D eigenvalue weighted by Crippen LogP contribution is -2.39. The highest BCUT2D eigenvalue weighted by molar-refractivity contribution is 5.35. The number of ether oxygens (including phenoxy) is 2. The predicted octanol–water partition coefficient (Wildman–Crippen LogP) is 3.30. The van der Waals surface area contributed by atoms with Crippen LogP contribution in [-0.4, -0.2) is 44.2 Å². The van der Waals surface area contributed by atoms with Gasteiger partial charge in [-0.05, 0) is 29.3 Å². The van der Waals surface area contributed by atoms with Crippen LogP contribution in [0.15, 0.2) is 72.8 Å². The minimum Gasteiger partial charge on any atom is -0.489 e. The molecule has 4 rings (SSSR count). The van der Waals surface area contributed by atoms with Crippen LogP contribution in [0, 0.1) is 0 Å². The first-order chi connectivity index (χ1) is 16.8. The first-order valence-electron chi connectivity index (χ1n) is 12.1. The van der Waals surface area contributed by atoms with E-state index in [1.165, 1.54) is 11.1 Å². The number of nitrogens with one attached hydrogen (secondary N) is 2. The first-order valence-corrected chi connectivity index (χ1v) is 12.1. The van der Waals surface area contributed by atoms with E-state index in [9.17, 15) is 0 Å². The van der Waals surface area contributed by atoms with Crippen LogP contribution >= 0.6 is 0 Å². The van der Waals surface area contributed by atoms with Gasteiger partial charge in [0, 0.05) is 63.5 Å². The zero-order valence-corrected chi connectivity index (χ0v) is 19.8. The van der Waals surface area contributed by atoms with Crippen LogP contribution in [0.1, 0.15) is 22.3 Å². The maximum absolute atomic E-state index is 6.21. The van der Waals surface area contributed by atoms with Crippen LogP contribution in [0.4, 0.5) is 0 Å². The van der Waals surface area contributed by atoms with Gasteiger partial charge in [-0.3, -0.25) is 4.90 Å². The lowest BCUT2D eigenvalue weighted by Gasteiger charge is -2.22. The molecule has 0 radical (unpaired) electrons. The maximum Gasteiger partial charge on any atom is 0.124 e. The largest absolute Gasteiger partial charge is 0.489 e. The third kappa shape index (κ3) is 7.30. The number of hydrogen-bond acceptors (Lipinski definition) is 6. The van der Waals surface area contributed by atoms with E-state index in [0.717, 1.165) is 68.4 Å². The summed E-state index contributed by atoms with van der Waals surface area (Å²) in [6.45, 7) is 7.84. The summed E-state index contributed by atoms with van der Waals surface area (Å²) in [5, 5.41) is 7.14. The molecule has 1 aliphatic rings. The molecule has 0 aliphatic carbocycles. The van der Waals surface area contributed by atoms with Crippen molar-refractivity contribution in [1.82, 2.24) is 15.5 Å². The molecule has 0 aromatic heterocycles. The van der Waals surface area contributed by atoms with Gasteiger partial charge in [-0.2, -0.15) is 0 Å². The summed E-state index contributed by atoms with van der Waals surface area (Å²) in [4.78, 5) is 2.40. The van der Waals surface area contributed by atoms with E-state index in [4.69, 9.17) is 15.2 Å². The SMILES string of the molecule is NCCN1CCNCc2ccccc2OCc2cccc(c2)COc2ccccc2CNCC1. The Morgan fingerprint density at radius 2 is 1.24 bits per heavy atom. The molecule has 0 amide bonds. The molecule has 2 bridgehead atoms. The summed E-state index contributed by atoms with van der Waals surface area (Å²) in [7, 11) is 0. The normalized spacial score (nSPS) is 16.4. The quantitative estimate of drug-likeness (QED) is 0.545. The Morgan fingerprint density at radius 3 is 1.76 bits per heavy atom. The van der Waals surface area contributed by atoms with Crippen molar-refractivity contribution in [2.45, 2.75) is 26.3 Å². The molecule has 0 spiro atoms. The predicted molar refractivity (Wildman–Crippen MR) is 137 cm³/mol. The molecule has 34 heavy (non-hydrogen) atoms. The molecular formula is C28H36N4O2. The van der Waals surface area contributed by atoms with Gasteiger partial charge in [0.15, 0.2) is 0 Å². The Hall–Kier alpha value is -2.90. The van der Waals surface area contributed by atoms with Gasteiger partial charge in [-0.15, -0.1) is 0 Å².